The van der Waals surface area contributed by atoms with E-state index in [1.54, 1.807) is 6.92 Å². The van der Waals surface area contributed by atoms with Crippen LogP contribution >= 0.6 is 0 Å². The molecule has 0 aromatic heterocycles. The van der Waals surface area contributed by atoms with Crippen LogP contribution in [0.2, 0.25) is 0 Å². The first-order valence-electron chi connectivity index (χ1n) is 9.28. The molecule has 0 radical (unpaired) electrons. The van der Waals surface area contributed by atoms with Crippen molar-refractivity contribution in [1.82, 2.24) is 0 Å². The van der Waals surface area contributed by atoms with Gasteiger partial charge in [0.15, 0.2) is 0 Å². The summed E-state index contributed by atoms with van der Waals surface area (Å²) in [5.41, 5.74) is 2.08. The lowest BCUT2D eigenvalue weighted by Crippen LogP contribution is -2.34. The van der Waals surface area contributed by atoms with Gasteiger partial charge >= 0.3 is 5.97 Å². The molecule has 0 unspecified atom stereocenters. The second-order valence-corrected chi connectivity index (χ2v) is 6.25. The summed E-state index contributed by atoms with van der Waals surface area (Å²) < 4.78 is 16.3. The topological polar surface area (TPSA) is 65.0 Å². The van der Waals surface area contributed by atoms with Crippen LogP contribution in [0, 0.1) is 5.92 Å². The molecule has 1 N–H and O–H groups in total. The number of hydrogen-bond donors (Lipinski definition) is 1. The lowest BCUT2D eigenvalue weighted by molar-refractivity contribution is -0.155. The van der Waals surface area contributed by atoms with Crippen LogP contribution < -0.4 is 0 Å². The summed E-state index contributed by atoms with van der Waals surface area (Å²) >= 11 is 0. The second-order valence-electron chi connectivity index (χ2n) is 6.25. The van der Waals surface area contributed by atoms with Crippen molar-refractivity contribution in [3.8, 4) is 0 Å². The van der Waals surface area contributed by atoms with E-state index in [1.165, 1.54) is 0 Å². The van der Waals surface area contributed by atoms with E-state index in [0.29, 0.717) is 26.2 Å². The fraction of sp³-hybridized carbons (Fsp3) is 0.409. The minimum absolute atomic E-state index is 0.0665. The molecule has 0 aliphatic rings. The zero-order chi connectivity index (χ0) is 19.3. The third kappa shape index (κ3) is 7.91. The van der Waals surface area contributed by atoms with Gasteiger partial charge in [-0.25, -0.2) is 0 Å². The molecular weight excluding hydrogens is 344 g/mol. The van der Waals surface area contributed by atoms with Gasteiger partial charge in [0.25, 0.3) is 0 Å². The first-order valence-corrected chi connectivity index (χ1v) is 9.28. The van der Waals surface area contributed by atoms with Gasteiger partial charge in [-0.1, -0.05) is 60.7 Å². The highest BCUT2D eigenvalue weighted by atomic mass is 16.5. The van der Waals surface area contributed by atoms with Crippen LogP contribution in [0.1, 0.15) is 24.5 Å². The second kappa shape index (κ2) is 12.2. The van der Waals surface area contributed by atoms with Crippen molar-refractivity contribution in [3.63, 3.8) is 0 Å². The molecule has 2 aromatic carbocycles. The van der Waals surface area contributed by atoms with E-state index in [-0.39, 0.29) is 13.2 Å². The van der Waals surface area contributed by atoms with Crippen LogP contribution in [-0.2, 0) is 32.2 Å². The number of aliphatic hydroxyl groups excluding tert-OH is 1. The molecule has 2 rings (SSSR count). The van der Waals surface area contributed by atoms with E-state index in [9.17, 15) is 9.90 Å². The Balaban J connectivity index is 1.78. The molecule has 5 nitrogen and oxygen atoms in total. The van der Waals surface area contributed by atoms with Crippen LogP contribution in [0.25, 0.3) is 0 Å². The molecule has 0 fully saturated rings. The molecule has 2 aromatic rings. The maximum absolute atomic E-state index is 12.2. The minimum atomic E-state index is -0.937. The molecule has 0 amide bonds. The molecule has 0 heterocycles. The lowest BCUT2D eigenvalue weighted by Gasteiger charge is -2.21. The van der Waals surface area contributed by atoms with Crippen molar-refractivity contribution < 1.29 is 24.1 Å². The van der Waals surface area contributed by atoms with Crippen molar-refractivity contribution in [2.24, 2.45) is 5.92 Å². The predicted molar refractivity (Wildman–Crippen MR) is 103 cm³/mol. The van der Waals surface area contributed by atoms with Crippen LogP contribution in [-0.4, -0.2) is 37.0 Å². The summed E-state index contributed by atoms with van der Waals surface area (Å²) in [5, 5.41) is 10.4. The van der Waals surface area contributed by atoms with Crippen LogP contribution in [0.15, 0.2) is 60.7 Å². The number of rotatable bonds is 12. The Hall–Kier alpha value is -2.21. The van der Waals surface area contributed by atoms with Gasteiger partial charge in [0, 0.05) is 6.61 Å². The summed E-state index contributed by atoms with van der Waals surface area (Å²) in [5.74, 6) is -1.09. The van der Waals surface area contributed by atoms with Crippen molar-refractivity contribution in [3.05, 3.63) is 71.8 Å². The van der Waals surface area contributed by atoms with Crippen molar-refractivity contribution in [2.75, 3.05) is 19.8 Å². The summed E-state index contributed by atoms with van der Waals surface area (Å²) in [6.07, 6.45) is -0.560. The largest absolute Gasteiger partial charge is 0.466 e. The smallest absolute Gasteiger partial charge is 0.311 e. The van der Waals surface area contributed by atoms with Crippen molar-refractivity contribution >= 4 is 5.97 Å². The summed E-state index contributed by atoms with van der Waals surface area (Å²) in [7, 11) is 0. The van der Waals surface area contributed by atoms with Gasteiger partial charge in [0.1, 0.15) is 0 Å². The lowest BCUT2D eigenvalue weighted by atomic mass is 9.99. The highest BCUT2D eigenvalue weighted by Crippen LogP contribution is 2.14. The highest BCUT2D eigenvalue weighted by Gasteiger charge is 2.28. The van der Waals surface area contributed by atoms with Crippen LogP contribution in [0.3, 0.4) is 0 Å². The third-order valence-electron chi connectivity index (χ3n) is 4.14. The first kappa shape index (κ1) is 21.1. The molecule has 2 atom stereocenters. The Kier molecular flexibility index (Phi) is 9.55. The Bertz CT molecular complexity index is 644. The van der Waals surface area contributed by atoms with Gasteiger partial charge in [-0.15, -0.1) is 0 Å². The highest BCUT2D eigenvalue weighted by molar-refractivity contribution is 5.73. The van der Waals surface area contributed by atoms with E-state index in [0.717, 1.165) is 11.1 Å². The van der Waals surface area contributed by atoms with Gasteiger partial charge in [-0.2, -0.15) is 0 Å². The molecule has 0 aliphatic carbocycles. The zero-order valence-electron chi connectivity index (χ0n) is 15.8. The molecule has 0 bridgehead atoms. The summed E-state index contributed by atoms with van der Waals surface area (Å²) in [4.78, 5) is 12.2. The number of carbonyl (C=O) groups is 1. The molecule has 5 heteroatoms. The van der Waals surface area contributed by atoms with Gasteiger partial charge in [-0.05, 0) is 24.5 Å². The Morgan fingerprint density at radius 1 is 0.926 bits per heavy atom. The Morgan fingerprint density at radius 2 is 1.48 bits per heavy atom. The number of benzene rings is 2. The van der Waals surface area contributed by atoms with Crippen molar-refractivity contribution in [1.29, 1.82) is 0 Å². The van der Waals surface area contributed by atoms with Gasteiger partial charge < -0.3 is 19.3 Å². The predicted octanol–water partition coefficient (Wildman–Crippen LogP) is 3.35. The van der Waals surface area contributed by atoms with Crippen LogP contribution in [0.4, 0.5) is 0 Å². The summed E-state index contributed by atoms with van der Waals surface area (Å²) in [6, 6.07) is 19.5. The molecule has 0 saturated heterocycles. The number of aliphatic hydroxyl groups is 1. The first-order chi connectivity index (χ1) is 13.2. The van der Waals surface area contributed by atoms with Crippen LogP contribution in [0.5, 0.6) is 0 Å². The molecule has 0 saturated carbocycles. The molecule has 146 valence electrons. The van der Waals surface area contributed by atoms with Gasteiger partial charge in [-0.3, -0.25) is 4.79 Å². The quantitative estimate of drug-likeness (QED) is 0.457. The van der Waals surface area contributed by atoms with E-state index in [1.807, 2.05) is 60.7 Å². The zero-order valence-corrected chi connectivity index (χ0v) is 15.8. The normalized spacial score (nSPS) is 13.1. The van der Waals surface area contributed by atoms with Gasteiger partial charge in [0.2, 0.25) is 0 Å². The van der Waals surface area contributed by atoms with Gasteiger partial charge in [0.05, 0.1) is 38.4 Å². The summed E-state index contributed by atoms with van der Waals surface area (Å²) in [6.45, 7) is 3.30. The Labute approximate surface area is 160 Å². The number of carbonyl (C=O) groups excluding carboxylic acids is 1. The average molecular weight is 372 g/mol. The van der Waals surface area contributed by atoms with E-state index in [2.05, 4.69) is 0 Å². The maximum atomic E-state index is 12.2. The number of esters is 1. The number of ether oxygens (including phenoxy) is 3. The maximum Gasteiger partial charge on any atom is 0.311 e. The molecular formula is C22H28O5. The Morgan fingerprint density at radius 3 is 2.04 bits per heavy atom. The third-order valence-corrected chi connectivity index (χ3v) is 4.14. The molecule has 27 heavy (non-hydrogen) atoms. The van der Waals surface area contributed by atoms with E-state index in [4.69, 9.17) is 14.2 Å². The van der Waals surface area contributed by atoms with E-state index < -0.39 is 18.0 Å². The van der Waals surface area contributed by atoms with Crippen molar-refractivity contribution in [2.45, 2.75) is 32.7 Å². The SMILES string of the molecule is CCOC(=O)[C@H](CCOCc1ccccc1)[C@@H](O)COCc1ccccc1. The average Bonchev–Trinajstić information content (AvgIpc) is 2.69. The standard InChI is InChI=1S/C22H28O5/c1-2-27-22(24)20(13-14-25-15-18-9-5-3-6-10-18)21(23)17-26-16-19-11-7-4-8-12-19/h3-12,20-21,23H,2,13-17H2,1H3/t20-,21+/m1/s1. The molecule has 0 spiro atoms. The fourth-order valence-corrected chi connectivity index (χ4v) is 2.68. The van der Waals surface area contributed by atoms with E-state index >= 15 is 0 Å². The minimum Gasteiger partial charge on any atom is -0.466 e. The molecule has 0 aliphatic heterocycles. The number of hydrogen-bond acceptors (Lipinski definition) is 5. The monoisotopic (exact) mass is 372 g/mol. The fourth-order valence-electron chi connectivity index (χ4n) is 2.68.